The van der Waals surface area contributed by atoms with Crippen LogP contribution < -0.4 is 14.5 Å². The minimum atomic E-state index is 0. The van der Waals surface area contributed by atoms with Gasteiger partial charge in [0.15, 0.2) is 11.2 Å². The van der Waals surface area contributed by atoms with Crippen LogP contribution in [0, 0.1) is 18.8 Å². The number of rotatable bonds is 5. The van der Waals surface area contributed by atoms with Gasteiger partial charge in [-0.25, -0.2) is 9.97 Å². The summed E-state index contributed by atoms with van der Waals surface area (Å²) in [6, 6.07) is 58.2. The van der Waals surface area contributed by atoms with Gasteiger partial charge in [-0.1, -0.05) is 83.9 Å². The molecular formula is C49H27N6O3Pt-3. The van der Waals surface area contributed by atoms with Gasteiger partial charge in [0.1, 0.15) is 11.4 Å². The fraction of sp³-hybridized carbons (Fsp3) is 0. The number of imidazole rings is 2. The zero-order chi connectivity index (χ0) is 37.9. The van der Waals surface area contributed by atoms with Crippen LogP contribution in [0.25, 0.3) is 77.5 Å². The molecule has 284 valence electrons. The van der Waals surface area contributed by atoms with Gasteiger partial charge in [0.25, 0.3) is 0 Å². The largest absolute Gasteiger partial charge is 0.509 e. The molecule has 0 atom stereocenters. The molecule has 59 heavy (non-hydrogen) atoms. The van der Waals surface area contributed by atoms with E-state index in [2.05, 4.69) is 99.7 Å². The quantitative estimate of drug-likeness (QED) is 0.159. The smallest absolute Gasteiger partial charge is 0.208 e. The molecule has 0 radical (unpaired) electrons. The number of nitrogens with zero attached hydrogens (tertiary/aromatic N) is 6. The van der Waals surface area contributed by atoms with Gasteiger partial charge < -0.3 is 27.8 Å². The van der Waals surface area contributed by atoms with Crippen LogP contribution in [0.1, 0.15) is 0 Å². The minimum absolute atomic E-state index is 0. The van der Waals surface area contributed by atoms with E-state index in [1.54, 1.807) is 6.20 Å². The molecule has 10 heteroatoms. The van der Waals surface area contributed by atoms with Crippen molar-refractivity contribution in [2.75, 3.05) is 9.80 Å². The predicted molar refractivity (Wildman–Crippen MR) is 228 cm³/mol. The van der Waals surface area contributed by atoms with Crippen molar-refractivity contribution in [3.8, 4) is 17.3 Å². The van der Waals surface area contributed by atoms with E-state index in [-0.39, 0.29) is 21.1 Å². The molecule has 1 aliphatic rings. The second-order valence-electron chi connectivity index (χ2n) is 14.3. The normalized spacial score (nSPS) is 12.8. The maximum absolute atomic E-state index is 6.90. The van der Waals surface area contributed by atoms with E-state index in [1.807, 2.05) is 89.5 Å². The maximum Gasteiger partial charge on any atom is 0.208 e. The van der Waals surface area contributed by atoms with Crippen LogP contribution in [0.15, 0.2) is 167 Å². The van der Waals surface area contributed by atoms with E-state index in [0.717, 1.165) is 83.5 Å². The summed E-state index contributed by atoms with van der Waals surface area (Å²) in [5, 5.41) is 3.80. The summed E-state index contributed by atoms with van der Waals surface area (Å²) >= 11 is 0. The topological polar surface area (TPSA) is 77.1 Å². The molecule has 0 saturated heterocycles. The van der Waals surface area contributed by atoms with Crippen LogP contribution in [0.4, 0.5) is 22.7 Å². The van der Waals surface area contributed by atoms with Crippen LogP contribution in [0.2, 0.25) is 0 Å². The molecule has 0 saturated carbocycles. The molecule has 0 fully saturated rings. The molecular weight excluding hydrogens is 916 g/mol. The number of hydrogen-bond acceptors (Lipinski definition) is 7. The monoisotopic (exact) mass is 942 g/mol. The Bertz CT molecular complexity index is 3610. The fourth-order valence-electron chi connectivity index (χ4n) is 8.49. The molecule has 5 aromatic heterocycles. The third-order valence-electron chi connectivity index (χ3n) is 11.1. The van der Waals surface area contributed by atoms with E-state index in [9.17, 15) is 0 Å². The number of ether oxygens (including phenoxy) is 1. The number of furan rings is 2. The van der Waals surface area contributed by atoms with Crippen molar-refractivity contribution >= 4 is 94.5 Å². The van der Waals surface area contributed by atoms with Crippen molar-refractivity contribution in [1.82, 2.24) is 18.9 Å². The number of anilines is 4. The zero-order valence-corrected chi connectivity index (χ0v) is 33.1. The Kier molecular flexibility index (Phi) is 7.34. The zero-order valence-electron chi connectivity index (χ0n) is 30.8. The van der Waals surface area contributed by atoms with Gasteiger partial charge in [-0.05, 0) is 71.7 Å². The summed E-state index contributed by atoms with van der Waals surface area (Å²) in [6.07, 6.45) is 1.78. The third kappa shape index (κ3) is 4.95. The van der Waals surface area contributed by atoms with Crippen molar-refractivity contribution in [3.05, 3.63) is 177 Å². The second-order valence-corrected chi connectivity index (χ2v) is 14.3. The molecule has 0 amide bonds. The summed E-state index contributed by atoms with van der Waals surface area (Å²) in [5.74, 6) is 2.35. The first-order valence-electron chi connectivity index (χ1n) is 19.0. The third-order valence-corrected chi connectivity index (χ3v) is 11.1. The first-order valence-corrected chi connectivity index (χ1v) is 19.0. The van der Waals surface area contributed by atoms with Crippen molar-refractivity contribution in [1.29, 1.82) is 0 Å². The van der Waals surface area contributed by atoms with Crippen molar-refractivity contribution in [2.45, 2.75) is 0 Å². The first kappa shape index (κ1) is 33.8. The molecule has 0 unspecified atom stereocenters. The Labute approximate surface area is 350 Å². The van der Waals surface area contributed by atoms with Crippen molar-refractivity contribution < 1.29 is 34.6 Å². The summed E-state index contributed by atoms with van der Waals surface area (Å²) in [4.78, 5) is 14.1. The molecule has 9 nitrogen and oxygen atoms in total. The number of para-hydroxylation sites is 6. The van der Waals surface area contributed by atoms with E-state index in [4.69, 9.17) is 23.5 Å². The Morgan fingerprint density at radius 1 is 0.593 bits per heavy atom. The number of benzene rings is 7. The van der Waals surface area contributed by atoms with Gasteiger partial charge in [0, 0.05) is 66.2 Å². The molecule has 6 heterocycles. The molecule has 0 aliphatic carbocycles. The SMILES string of the molecule is [Pt].[c-]1c(N2[CH-]N(c3ccccc3)c3ccccc32)cc2c(oc3c2ccc2c4ccccc4oc23)c1Oc1[c-]c2c(cc1)n1c3ccccc3nc1n2-c1ccccn1. The number of aromatic nitrogens is 4. The average molecular weight is 943 g/mol. The Balaban J connectivity index is 0.00000377. The molecule has 13 rings (SSSR count). The van der Waals surface area contributed by atoms with Crippen LogP contribution in [0.5, 0.6) is 11.5 Å². The second kappa shape index (κ2) is 12.8. The minimum Gasteiger partial charge on any atom is -0.509 e. The fourth-order valence-corrected chi connectivity index (χ4v) is 8.49. The Morgan fingerprint density at radius 3 is 2.20 bits per heavy atom. The summed E-state index contributed by atoms with van der Waals surface area (Å²) < 4.78 is 24.3. The van der Waals surface area contributed by atoms with Crippen LogP contribution in [-0.4, -0.2) is 18.9 Å². The maximum atomic E-state index is 6.90. The Morgan fingerprint density at radius 2 is 1.34 bits per heavy atom. The molecule has 0 spiro atoms. The molecule has 7 aromatic carbocycles. The predicted octanol–water partition coefficient (Wildman–Crippen LogP) is 12.4. The molecule has 0 bridgehead atoms. The summed E-state index contributed by atoms with van der Waals surface area (Å²) in [7, 11) is 0. The van der Waals surface area contributed by atoms with Crippen LogP contribution in [0.3, 0.4) is 0 Å². The van der Waals surface area contributed by atoms with Crippen LogP contribution >= 0.6 is 0 Å². The Hall–Kier alpha value is -7.35. The van der Waals surface area contributed by atoms with E-state index >= 15 is 0 Å². The van der Waals surface area contributed by atoms with E-state index in [0.29, 0.717) is 28.2 Å². The first-order chi connectivity index (χ1) is 28.7. The van der Waals surface area contributed by atoms with Crippen molar-refractivity contribution in [3.63, 3.8) is 0 Å². The molecule has 0 N–H and O–H groups in total. The standard InChI is InChI=1S/C49H27N6O3.Pt/c1-2-12-30(13-3-1)52-29-53(40-18-8-7-17-39(40)52)31-26-36-35-23-22-34-33-14-4-9-19-43(33)57-47(34)48(35)58-46(36)44(27-31)56-32-21-24-41-42(28-32)55(45-20-10-11-25-50-45)49-51-37-15-5-6-16-38(37)54(41)49;/h1-26,29H;/q-3;. The van der Waals surface area contributed by atoms with Gasteiger partial charge in [0.2, 0.25) is 5.78 Å². The summed E-state index contributed by atoms with van der Waals surface area (Å²) in [5.41, 5.74) is 10.2. The van der Waals surface area contributed by atoms with Gasteiger partial charge in [-0.15, -0.1) is 37.0 Å². The number of pyridine rings is 1. The van der Waals surface area contributed by atoms with Crippen LogP contribution in [-0.2, 0) is 21.1 Å². The number of hydrogen-bond donors (Lipinski definition) is 0. The van der Waals surface area contributed by atoms with Gasteiger partial charge in [0.05, 0.1) is 22.4 Å². The van der Waals surface area contributed by atoms with Gasteiger partial charge in [-0.2, -0.15) is 0 Å². The average Bonchev–Trinajstić information content (AvgIpc) is 4.09. The summed E-state index contributed by atoms with van der Waals surface area (Å²) in [6.45, 7) is 2.10. The van der Waals surface area contributed by atoms with E-state index < -0.39 is 0 Å². The van der Waals surface area contributed by atoms with Crippen molar-refractivity contribution in [2.24, 2.45) is 0 Å². The molecule has 12 aromatic rings. The number of fused-ring (bicyclic) bond motifs is 13. The molecule has 1 aliphatic heterocycles. The van der Waals surface area contributed by atoms with Gasteiger partial charge >= 0.3 is 0 Å². The van der Waals surface area contributed by atoms with Gasteiger partial charge in [-0.3, -0.25) is 4.57 Å². The van der Waals surface area contributed by atoms with E-state index in [1.165, 1.54) is 0 Å².